The molecule has 0 amide bonds. The van der Waals surface area contributed by atoms with Gasteiger partial charge in [-0.2, -0.15) is 5.10 Å². The molecule has 7 heteroatoms. The van der Waals surface area contributed by atoms with Crippen LogP contribution in [0.3, 0.4) is 0 Å². The Hall–Kier alpha value is -1.60. The van der Waals surface area contributed by atoms with Crippen molar-refractivity contribution in [1.29, 1.82) is 0 Å². The third-order valence-electron chi connectivity index (χ3n) is 4.17. The van der Waals surface area contributed by atoms with Crippen molar-refractivity contribution in [2.75, 3.05) is 40.0 Å². The van der Waals surface area contributed by atoms with E-state index in [1.807, 2.05) is 18.7 Å². The number of aryl methyl sites for hydroxylation is 2. The summed E-state index contributed by atoms with van der Waals surface area (Å²) in [5.41, 5.74) is 3.41. The van der Waals surface area contributed by atoms with Gasteiger partial charge >= 0.3 is 0 Å². The first-order valence-corrected chi connectivity index (χ1v) is 8.19. The zero-order valence-electron chi connectivity index (χ0n) is 14.9. The van der Waals surface area contributed by atoms with Crippen LogP contribution in [0.25, 0.3) is 0 Å². The molecule has 0 radical (unpaired) electrons. The zero-order chi connectivity index (χ0) is 16.8. The highest BCUT2D eigenvalue weighted by Crippen LogP contribution is 2.14. The average molecular weight is 323 g/mol. The first kappa shape index (κ1) is 17.7. The SMILES string of the molecule is CCNC(=NCc1c(C)nn(C)c1C)N1CCOC(COC)C1. The maximum Gasteiger partial charge on any atom is 0.194 e. The van der Waals surface area contributed by atoms with Crippen LogP contribution in [0.1, 0.15) is 23.9 Å². The maximum atomic E-state index is 5.72. The minimum atomic E-state index is 0.0967. The molecule has 1 aromatic rings. The normalized spacial score (nSPS) is 19.3. The zero-order valence-corrected chi connectivity index (χ0v) is 14.9. The van der Waals surface area contributed by atoms with E-state index in [1.54, 1.807) is 7.11 Å². The quantitative estimate of drug-likeness (QED) is 0.643. The molecule has 0 bridgehead atoms. The number of ether oxygens (including phenoxy) is 2. The number of morpholine rings is 1. The number of hydrogen-bond donors (Lipinski definition) is 1. The molecule has 1 aliphatic rings. The first-order chi connectivity index (χ1) is 11.1. The van der Waals surface area contributed by atoms with Crippen molar-refractivity contribution >= 4 is 5.96 Å². The van der Waals surface area contributed by atoms with Crippen LogP contribution in [0.4, 0.5) is 0 Å². The van der Waals surface area contributed by atoms with Gasteiger partial charge in [0.15, 0.2) is 5.96 Å². The van der Waals surface area contributed by atoms with Crippen molar-refractivity contribution in [2.24, 2.45) is 12.0 Å². The van der Waals surface area contributed by atoms with E-state index in [9.17, 15) is 0 Å². The first-order valence-electron chi connectivity index (χ1n) is 8.19. The van der Waals surface area contributed by atoms with Gasteiger partial charge < -0.3 is 19.7 Å². The highest BCUT2D eigenvalue weighted by atomic mass is 16.5. The highest BCUT2D eigenvalue weighted by Gasteiger charge is 2.23. The Bertz CT molecular complexity index is 539. The summed E-state index contributed by atoms with van der Waals surface area (Å²) in [4.78, 5) is 7.07. The summed E-state index contributed by atoms with van der Waals surface area (Å²) in [6.45, 7) is 10.6. The van der Waals surface area contributed by atoms with Gasteiger partial charge in [-0.25, -0.2) is 4.99 Å². The smallest absolute Gasteiger partial charge is 0.194 e. The van der Waals surface area contributed by atoms with Crippen LogP contribution in [-0.2, 0) is 23.1 Å². The lowest BCUT2D eigenvalue weighted by molar-refractivity contribution is -0.0447. The molecule has 130 valence electrons. The van der Waals surface area contributed by atoms with Crippen molar-refractivity contribution < 1.29 is 9.47 Å². The van der Waals surface area contributed by atoms with Crippen LogP contribution < -0.4 is 5.32 Å². The maximum absolute atomic E-state index is 5.72. The predicted octanol–water partition coefficient (Wildman–Crippen LogP) is 0.850. The fraction of sp³-hybridized carbons (Fsp3) is 0.750. The number of guanidine groups is 1. The van der Waals surface area contributed by atoms with E-state index in [-0.39, 0.29) is 6.10 Å². The molecule has 1 atom stereocenters. The molecule has 1 unspecified atom stereocenters. The third kappa shape index (κ3) is 4.45. The molecule has 1 N–H and O–H groups in total. The third-order valence-corrected chi connectivity index (χ3v) is 4.17. The molecule has 0 spiro atoms. The van der Waals surface area contributed by atoms with Crippen molar-refractivity contribution in [3.8, 4) is 0 Å². The van der Waals surface area contributed by atoms with Crippen LogP contribution in [-0.4, -0.2) is 66.7 Å². The van der Waals surface area contributed by atoms with Crippen LogP contribution in [0.15, 0.2) is 4.99 Å². The lowest BCUT2D eigenvalue weighted by Gasteiger charge is -2.34. The molecular weight excluding hydrogens is 294 g/mol. The summed E-state index contributed by atoms with van der Waals surface area (Å²) >= 11 is 0. The topological polar surface area (TPSA) is 63.9 Å². The van der Waals surface area contributed by atoms with Gasteiger partial charge in [-0.15, -0.1) is 0 Å². The molecule has 23 heavy (non-hydrogen) atoms. The van der Waals surface area contributed by atoms with Gasteiger partial charge in [0.05, 0.1) is 31.6 Å². The summed E-state index contributed by atoms with van der Waals surface area (Å²) in [5.74, 6) is 0.930. The Kier molecular flexibility index (Phi) is 6.41. The molecular formula is C16H29N5O2. The van der Waals surface area contributed by atoms with Gasteiger partial charge in [-0.3, -0.25) is 4.68 Å². The Balaban J connectivity index is 2.10. The van der Waals surface area contributed by atoms with Crippen molar-refractivity contribution in [1.82, 2.24) is 20.0 Å². The lowest BCUT2D eigenvalue weighted by Crippen LogP contribution is -2.51. The second-order valence-corrected chi connectivity index (χ2v) is 5.84. The standard InChI is InChI=1S/C16H29N5O2/c1-6-17-16(21-7-8-23-14(10-21)11-22-5)18-9-15-12(2)19-20(4)13(15)3/h14H,6-11H2,1-5H3,(H,17,18). The van der Waals surface area contributed by atoms with Crippen LogP contribution in [0.2, 0.25) is 0 Å². The van der Waals surface area contributed by atoms with Gasteiger partial charge in [0.2, 0.25) is 0 Å². The predicted molar refractivity (Wildman–Crippen MR) is 90.7 cm³/mol. The van der Waals surface area contributed by atoms with Crippen molar-refractivity contribution in [2.45, 2.75) is 33.4 Å². The molecule has 7 nitrogen and oxygen atoms in total. The Morgan fingerprint density at radius 3 is 2.87 bits per heavy atom. The largest absolute Gasteiger partial charge is 0.382 e. The fourth-order valence-electron chi connectivity index (χ4n) is 2.82. The van der Waals surface area contributed by atoms with E-state index in [4.69, 9.17) is 14.5 Å². The molecule has 0 aromatic carbocycles. The van der Waals surface area contributed by atoms with Gasteiger partial charge in [0.1, 0.15) is 0 Å². The van der Waals surface area contributed by atoms with Gasteiger partial charge in [-0.05, 0) is 20.8 Å². The van der Waals surface area contributed by atoms with Crippen LogP contribution in [0, 0.1) is 13.8 Å². The summed E-state index contributed by atoms with van der Waals surface area (Å²) in [5, 5.41) is 7.84. The van der Waals surface area contributed by atoms with E-state index in [0.717, 1.165) is 31.3 Å². The summed E-state index contributed by atoms with van der Waals surface area (Å²) in [7, 11) is 3.67. The Morgan fingerprint density at radius 1 is 1.48 bits per heavy atom. The number of aliphatic imine (C=N–C) groups is 1. The molecule has 2 rings (SSSR count). The van der Waals surface area contributed by atoms with Gasteiger partial charge in [0, 0.05) is 45.0 Å². The number of hydrogen-bond acceptors (Lipinski definition) is 4. The second kappa shape index (κ2) is 8.31. The molecule has 1 fully saturated rings. The Labute approximate surface area is 138 Å². The number of nitrogens with zero attached hydrogens (tertiary/aromatic N) is 4. The van der Waals surface area contributed by atoms with E-state index in [0.29, 0.717) is 19.8 Å². The molecule has 1 aromatic heterocycles. The highest BCUT2D eigenvalue weighted by molar-refractivity contribution is 5.80. The van der Waals surface area contributed by atoms with E-state index >= 15 is 0 Å². The van der Waals surface area contributed by atoms with Crippen LogP contribution in [0.5, 0.6) is 0 Å². The number of rotatable bonds is 5. The molecule has 2 heterocycles. The van der Waals surface area contributed by atoms with E-state index < -0.39 is 0 Å². The molecule has 0 saturated carbocycles. The average Bonchev–Trinajstić information content (AvgIpc) is 2.77. The fourth-order valence-corrected chi connectivity index (χ4v) is 2.82. The van der Waals surface area contributed by atoms with Gasteiger partial charge in [0.25, 0.3) is 0 Å². The molecule has 1 saturated heterocycles. The Morgan fingerprint density at radius 2 is 2.26 bits per heavy atom. The summed E-state index contributed by atoms with van der Waals surface area (Å²) in [6.07, 6.45) is 0.0967. The van der Waals surface area contributed by atoms with Crippen molar-refractivity contribution in [3.05, 3.63) is 17.0 Å². The summed E-state index contributed by atoms with van der Waals surface area (Å²) < 4.78 is 12.8. The van der Waals surface area contributed by atoms with E-state index in [1.165, 1.54) is 11.3 Å². The number of methoxy groups -OCH3 is 1. The summed E-state index contributed by atoms with van der Waals surface area (Å²) in [6, 6.07) is 0. The number of aromatic nitrogens is 2. The monoisotopic (exact) mass is 323 g/mol. The van der Waals surface area contributed by atoms with Crippen LogP contribution >= 0.6 is 0 Å². The minimum absolute atomic E-state index is 0.0967. The molecule has 1 aliphatic heterocycles. The van der Waals surface area contributed by atoms with Crippen molar-refractivity contribution in [3.63, 3.8) is 0 Å². The van der Waals surface area contributed by atoms with E-state index in [2.05, 4.69) is 29.2 Å². The van der Waals surface area contributed by atoms with Gasteiger partial charge in [-0.1, -0.05) is 0 Å². The minimum Gasteiger partial charge on any atom is -0.382 e. The second-order valence-electron chi connectivity index (χ2n) is 5.84. The lowest BCUT2D eigenvalue weighted by atomic mass is 10.2. The molecule has 0 aliphatic carbocycles. The number of nitrogens with one attached hydrogen (secondary N) is 1.